The van der Waals surface area contributed by atoms with Crippen molar-refractivity contribution in [2.24, 2.45) is 0 Å². The first-order valence-electron chi connectivity index (χ1n) is 7.88. The van der Waals surface area contributed by atoms with Crippen LogP contribution in [-0.2, 0) is 4.79 Å². The molecule has 2 heterocycles. The van der Waals surface area contributed by atoms with Crippen LogP contribution in [0, 0.1) is 0 Å². The van der Waals surface area contributed by atoms with Crippen molar-refractivity contribution >= 4 is 12.0 Å². The highest BCUT2D eigenvalue weighted by molar-refractivity contribution is 5.87. The number of hydrogen-bond donors (Lipinski definition) is 1. The lowest BCUT2D eigenvalue weighted by atomic mass is 9.93. The third-order valence-corrected chi connectivity index (χ3v) is 5.24. The molecule has 1 atom stereocenters. The zero-order valence-electron chi connectivity index (χ0n) is 13.3. The molecule has 0 aromatic rings. The van der Waals surface area contributed by atoms with Gasteiger partial charge in [-0.25, -0.2) is 9.59 Å². The van der Waals surface area contributed by atoms with Gasteiger partial charge in [0.25, 0.3) is 0 Å². The average Bonchev–Trinajstić information content (AvgIpc) is 2.91. The van der Waals surface area contributed by atoms with Crippen molar-refractivity contribution in [3.05, 3.63) is 0 Å². The summed E-state index contributed by atoms with van der Waals surface area (Å²) >= 11 is 0. The topological polar surface area (TPSA) is 64.1 Å². The van der Waals surface area contributed by atoms with Gasteiger partial charge in [-0.2, -0.15) is 0 Å². The van der Waals surface area contributed by atoms with Gasteiger partial charge < -0.3 is 19.8 Å². The second kappa shape index (κ2) is 6.22. The van der Waals surface area contributed by atoms with Gasteiger partial charge in [-0.05, 0) is 52.2 Å². The summed E-state index contributed by atoms with van der Waals surface area (Å²) in [7, 11) is 3.91. The van der Waals surface area contributed by atoms with Gasteiger partial charge in [0.1, 0.15) is 5.54 Å². The zero-order valence-corrected chi connectivity index (χ0v) is 13.3. The van der Waals surface area contributed by atoms with Crippen molar-refractivity contribution in [1.29, 1.82) is 0 Å². The number of carbonyl (C=O) groups excluding carboxylic acids is 1. The molecule has 0 aromatic carbocycles. The predicted molar refractivity (Wildman–Crippen MR) is 80.3 cm³/mol. The van der Waals surface area contributed by atoms with Gasteiger partial charge in [0.15, 0.2) is 0 Å². The first kappa shape index (κ1) is 16.1. The molecule has 0 aliphatic carbocycles. The summed E-state index contributed by atoms with van der Waals surface area (Å²) in [5.74, 6) is -0.868. The molecular formula is C15H27N3O3. The fraction of sp³-hybridized carbons (Fsp3) is 0.867. The van der Waals surface area contributed by atoms with E-state index in [1.165, 1.54) is 0 Å². The lowest BCUT2D eigenvalue weighted by molar-refractivity contribution is -0.148. The van der Waals surface area contributed by atoms with E-state index in [1.54, 1.807) is 9.80 Å². The summed E-state index contributed by atoms with van der Waals surface area (Å²) in [6.45, 7) is 4.38. The van der Waals surface area contributed by atoms with Crippen LogP contribution in [0.15, 0.2) is 0 Å². The Balaban J connectivity index is 2.09. The molecule has 6 heteroatoms. The molecule has 2 aliphatic heterocycles. The van der Waals surface area contributed by atoms with E-state index in [-0.39, 0.29) is 12.1 Å². The Hall–Kier alpha value is -1.30. The highest BCUT2D eigenvalue weighted by Crippen LogP contribution is 2.34. The zero-order chi connectivity index (χ0) is 15.6. The minimum absolute atomic E-state index is 0.119. The van der Waals surface area contributed by atoms with Crippen molar-refractivity contribution < 1.29 is 14.7 Å². The molecule has 2 saturated heterocycles. The van der Waals surface area contributed by atoms with E-state index in [0.29, 0.717) is 19.4 Å². The van der Waals surface area contributed by atoms with E-state index in [4.69, 9.17) is 0 Å². The van der Waals surface area contributed by atoms with Crippen LogP contribution in [0.5, 0.6) is 0 Å². The molecule has 0 spiro atoms. The molecule has 0 saturated carbocycles. The molecule has 120 valence electrons. The lowest BCUT2D eigenvalue weighted by Crippen LogP contribution is -2.58. The number of carboxylic acid groups (broad SMARTS) is 1. The van der Waals surface area contributed by atoms with E-state index < -0.39 is 11.5 Å². The van der Waals surface area contributed by atoms with Gasteiger partial charge in [0.2, 0.25) is 0 Å². The van der Waals surface area contributed by atoms with Crippen LogP contribution in [0.2, 0.25) is 0 Å². The fourth-order valence-corrected chi connectivity index (χ4v) is 3.63. The predicted octanol–water partition coefficient (Wildman–Crippen LogP) is 1.46. The molecule has 2 aliphatic rings. The molecule has 1 N–H and O–H groups in total. The third-order valence-electron chi connectivity index (χ3n) is 5.24. The largest absolute Gasteiger partial charge is 0.479 e. The first-order valence-corrected chi connectivity index (χ1v) is 7.88. The summed E-state index contributed by atoms with van der Waals surface area (Å²) in [6, 6.07) is 0.101. The Morgan fingerprint density at radius 1 is 1.29 bits per heavy atom. The number of aliphatic carboxylic acids is 1. The monoisotopic (exact) mass is 297 g/mol. The van der Waals surface area contributed by atoms with Crippen LogP contribution in [0.4, 0.5) is 4.79 Å². The van der Waals surface area contributed by atoms with Crippen molar-refractivity contribution in [3.8, 4) is 0 Å². The number of nitrogens with zero attached hydrogens (tertiary/aromatic N) is 3. The highest BCUT2D eigenvalue weighted by atomic mass is 16.4. The van der Waals surface area contributed by atoms with Gasteiger partial charge in [0.05, 0.1) is 0 Å². The number of rotatable bonds is 3. The van der Waals surface area contributed by atoms with Crippen molar-refractivity contribution in [2.45, 2.75) is 50.6 Å². The fourth-order valence-electron chi connectivity index (χ4n) is 3.63. The second-order valence-corrected chi connectivity index (χ2v) is 6.37. The SMILES string of the molecule is CCC1(C(=O)O)CCCN1C(=O)N(C)C1CCN(C)CC1. The van der Waals surface area contributed by atoms with Crippen LogP contribution in [0.25, 0.3) is 0 Å². The molecule has 2 amide bonds. The smallest absolute Gasteiger partial charge is 0.329 e. The summed E-state index contributed by atoms with van der Waals surface area (Å²) in [4.78, 5) is 30.1. The molecule has 0 radical (unpaired) electrons. The van der Waals surface area contributed by atoms with Gasteiger partial charge in [-0.3, -0.25) is 0 Å². The Morgan fingerprint density at radius 3 is 2.43 bits per heavy atom. The Labute approximate surface area is 126 Å². The minimum atomic E-state index is -1.00. The third kappa shape index (κ3) is 2.86. The summed E-state index contributed by atoms with van der Waals surface area (Å²) in [5, 5.41) is 9.59. The van der Waals surface area contributed by atoms with E-state index in [2.05, 4.69) is 11.9 Å². The summed E-state index contributed by atoms with van der Waals surface area (Å²) < 4.78 is 0. The molecular weight excluding hydrogens is 270 g/mol. The maximum Gasteiger partial charge on any atom is 0.329 e. The summed E-state index contributed by atoms with van der Waals surface area (Å²) in [6.07, 6.45) is 3.71. The number of piperidine rings is 1. The molecule has 1 unspecified atom stereocenters. The Kier molecular flexibility index (Phi) is 4.76. The van der Waals surface area contributed by atoms with Crippen LogP contribution in [0.3, 0.4) is 0 Å². The number of carboxylic acids is 1. The van der Waals surface area contributed by atoms with Gasteiger partial charge in [0, 0.05) is 19.6 Å². The normalized spacial score (nSPS) is 27.9. The number of hydrogen-bond acceptors (Lipinski definition) is 3. The van der Waals surface area contributed by atoms with Crippen molar-refractivity contribution in [3.63, 3.8) is 0 Å². The number of likely N-dealkylation sites (tertiary alicyclic amines) is 2. The van der Waals surface area contributed by atoms with Gasteiger partial charge >= 0.3 is 12.0 Å². The molecule has 2 rings (SSSR count). The maximum absolute atomic E-state index is 12.8. The maximum atomic E-state index is 12.8. The van der Waals surface area contributed by atoms with Crippen LogP contribution in [-0.4, -0.2) is 77.1 Å². The van der Waals surface area contributed by atoms with Gasteiger partial charge in [-0.15, -0.1) is 0 Å². The molecule has 0 aromatic heterocycles. The van der Waals surface area contributed by atoms with E-state index in [1.807, 2.05) is 14.0 Å². The van der Waals surface area contributed by atoms with Crippen molar-refractivity contribution in [2.75, 3.05) is 33.7 Å². The highest BCUT2D eigenvalue weighted by Gasteiger charge is 2.49. The number of urea groups is 1. The average molecular weight is 297 g/mol. The number of amides is 2. The molecule has 21 heavy (non-hydrogen) atoms. The van der Waals surface area contributed by atoms with Crippen LogP contribution < -0.4 is 0 Å². The lowest BCUT2D eigenvalue weighted by Gasteiger charge is -2.41. The summed E-state index contributed by atoms with van der Waals surface area (Å²) in [5.41, 5.74) is -1.00. The quantitative estimate of drug-likeness (QED) is 0.856. The van der Waals surface area contributed by atoms with Crippen molar-refractivity contribution in [1.82, 2.24) is 14.7 Å². The minimum Gasteiger partial charge on any atom is -0.479 e. The second-order valence-electron chi connectivity index (χ2n) is 6.37. The first-order chi connectivity index (χ1) is 9.92. The van der Waals surface area contributed by atoms with Crippen LogP contribution in [0.1, 0.15) is 39.0 Å². The van der Waals surface area contributed by atoms with Gasteiger partial charge in [-0.1, -0.05) is 6.92 Å². The standard InChI is InChI=1S/C15H27N3O3/c1-4-15(13(19)20)8-5-9-18(15)14(21)17(3)12-6-10-16(2)11-7-12/h12H,4-11H2,1-3H3,(H,19,20). The number of carbonyl (C=O) groups is 2. The molecule has 2 fully saturated rings. The Bertz CT molecular complexity index is 407. The van der Waals surface area contributed by atoms with Crippen LogP contribution >= 0.6 is 0 Å². The van der Waals surface area contributed by atoms with E-state index >= 15 is 0 Å². The Morgan fingerprint density at radius 2 is 1.90 bits per heavy atom. The van der Waals surface area contributed by atoms with E-state index in [0.717, 1.165) is 32.4 Å². The molecule has 0 bridgehead atoms. The van der Waals surface area contributed by atoms with E-state index in [9.17, 15) is 14.7 Å². The molecule has 6 nitrogen and oxygen atoms in total.